The van der Waals surface area contributed by atoms with Gasteiger partial charge in [0.15, 0.2) is 5.82 Å². The van der Waals surface area contributed by atoms with E-state index in [0.29, 0.717) is 11.9 Å². The third-order valence-electron chi connectivity index (χ3n) is 5.60. The van der Waals surface area contributed by atoms with Crippen LogP contribution in [0.2, 0.25) is 0 Å². The van der Waals surface area contributed by atoms with Gasteiger partial charge in [0, 0.05) is 35.6 Å². The molecule has 5 rings (SSSR count). The van der Waals surface area contributed by atoms with Crippen LogP contribution in [0.25, 0.3) is 21.7 Å². The van der Waals surface area contributed by atoms with Gasteiger partial charge in [-0.15, -0.1) is 11.3 Å². The summed E-state index contributed by atoms with van der Waals surface area (Å²) in [6.07, 6.45) is 14.8. The summed E-state index contributed by atoms with van der Waals surface area (Å²) in [5.74, 6) is 2.99. The molecule has 0 saturated carbocycles. The van der Waals surface area contributed by atoms with Gasteiger partial charge in [0.1, 0.15) is 16.3 Å². The molecule has 1 atom stereocenters. The molecule has 7 heteroatoms. The molecule has 3 aromatic heterocycles. The summed E-state index contributed by atoms with van der Waals surface area (Å²) in [6, 6.07) is 0.562. The first kappa shape index (κ1) is 17.4. The Hall–Kier alpha value is -1.73. The SMILES string of the molecule is CSCC1CCCN1c1nc(-c2cnccn2)nc2sc3c(c12)CCCC3. The van der Waals surface area contributed by atoms with E-state index >= 15 is 0 Å². The van der Waals surface area contributed by atoms with Crippen LogP contribution in [0.1, 0.15) is 36.1 Å². The van der Waals surface area contributed by atoms with E-state index in [1.54, 1.807) is 18.6 Å². The molecular weight excluding hydrogens is 374 g/mol. The average molecular weight is 398 g/mol. The number of thiophene rings is 1. The molecule has 1 saturated heterocycles. The normalized spacial score (nSPS) is 19.6. The lowest BCUT2D eigenvalue weighted by atomic mass is 9.97. The molecule has 27 heavy (non-hydrogen) atoms. The fourth-order valence-corrected chi connectivity index (χ4v) is 6.34. The molecule has 1 aliphatic carbocycles. The summed E-state index contributed by atoms with van der Waals surface area (Å²) in [5, 5.41) is 1.32. The van der Waals surface area contributed by atoms with Crippen molar-refractivity contribution >= 4 is 39.1 Å². The monoisotopic (exact) mass is 397 g/mol. The van der Waals surface area contributed by atoms with Crippen LogP contribution in [0.4, 0.5) is 5.82 Å². The van der Waals surface area contributed by atoms with Crippen molar-refractivity contribution in [2.24, 2.45) is 0 Å². The lowest BCUT2D eigenvalue weighted by Crippen LogP contribution is -2.32. The Morgan fingerprint density at radius 3 is 2.96 bits per heavy atom. The van der Waals surface area contributed by atoms with E-state index in [9.17, 15) is 0 Å². The van der Waals surface area contributed by atoms with Crippen molar-refractivity contribution in [2.75, 3.05) is 23.5 Å². The lowest BCUT2D eigenvalue weighted by Gasteiger charge is -2.27. The number of hydrogen-bond acceptors (Lipinski definition) is 7. The van der Waals surface area contributed by atoms with Gasteiger partial charge in [-0.25, -0.2) is 15.0 Å². The van der Waals surface area contributed by atoms with E-state index in [1.807, 2.05) is 23.1 Å². The van der Waals surface area contributed by atoms with Gasteiger partial charge in [0.25, 0.3) is 0 Å². The van der Waals surface area contributed by atoms with Gasteiger partial charge in [-0.05, 0) is 50.3 Å². The molecule has 1 aliphatic heterocycles. The number of aryl methyl sites for hydroxylation is 2. The van der Waals surface area contributed by atoms with Crippen molar-refractivity contribution in [1.82, 2.24) is 19.9 Å². The zero-order chi connectivity index (χ0) is 18.2. The van der Waals surface area contributed by atoms with Crippen LogP contribution in [-0.2, 0) is 12.8 Å². The van der Waals surface area contributed by atoms with Crippen molar-refractivity contribution in [3.8, 4) is 11.5 Å². The molecule has 0 radical (unpaired) electrons. The first-order chi connectivity index (χ1) is 13.3. The van der Waals surface area contributed by atoms with Crippen molar-refractivity contribution in [2.45, 2.75) is 44.6 Å². The number of rotatable bonds is 4. The number of fused-ring (bicyclic) bond motifs is 3. The van der Waals surface area contributed by atoms with Crippen LogP contribution < -0.4 is 4.90 Å². The second kappa shape index (κ2) is 7.36. The highest BCUT2D eigenvalue weighted by atomic mass is 32.2. The van der Waals surface area contributed by atoms with E-state index in [4.69, 9.17) is 9.97 Å². The second-order valence-electron chi connectivity index (χ2n) is 7.30. The minimum Gasteiger partial charge on any atom is -0.352 e. The summed E-state index contributed by atoms with van der Waals surface area (Å²) >= 11 is 3.79. The number of nitrogens with zero attached hydrogens (tertiary/aromatic N) is 5. The van der Waals surface area contributed by atoms with Crippen LogP contribution in [0.5, 0.6) is 0 Å². The zero-order valence-electron chi connectivity index (χ0n) is 15.5. The molecular formula is C20H23N5S2. The Bertz CT molecular complexity index is 956. The van der Waals surface area contributed by atoms with E-state index in [0.717, 1.165) is 35.1 Å². The van der Waals surface area contributed by atoms with E-state index < -0.39 is 0 Å². The number of thioether (sulfide) groups is 1. The Balaban J connectivity index is 1.72. The van der Waals surface area contributed by atoms with Gasteiger partial charge in [0.05, 0.1) is 11.6 Å². The number of anilines is 1. The first-order valence-electron chi connectivity index (χ1n) is 9.69. The van der Waals surface area contributed by atoms with Crippen molar-refractivity contribution < 1.29 is 0 Å². The van der Waals surface area contributed by atoms with Crippen molar-refractivity contribution in [1.29, 1.82) is 0 Å². The maximum atomic E-state index is 5.08. The summed E-state index contributed by atoms with van der Waals surface area (Å²) in [7, 11) is 0. The van der Waals surface area contributed by atoms with Crippen LogP contribution >= 0.6 is 23.1 Å². The van der Waals surface area contributed by atoms with Gasteiger partial charge < -0.3 is 4.90 Å². The Kier molecular flexibility index (Phi) is 4.73. The summed E-state index contributed by atoms with van der Waals surface area (Å²) < 4.78 is 0. The summed E-state index contributed by atoms with van der Waals surface area (Å²) in [4.78, 5) is 23.9. The maximum absolute atomic E-state index is 5.08. The third kappa shape index (κ3) is 3.10. The van der Waals surface area contributed by atoms with Gasteiger partial charge in [-0.3, -0.25) is 4.98 Å². The molecule has 0 bridgehead atoms. The lowest BCUT2D eigenvalue weighted by molar-refractivity contribution is 0.699. The smallest absolute Gasteiger partial charge is 0.183 e. The number of aromatic nitrogens is 4. The van der Waals surface area contributed by atoms with Crippen molar-refractivity contribution in [3.05, 3.63) is 29.0 Å². The fourth-order valence-electron chi connectivity index (χ4n) is 4.36. The summed E-state index contributed by atoms with van der Waals surface area (Å²) in [6.45, 7) is 1.09. The van der Waals surface area contributed by atoms with Gasteiger partial charge in [-0.2, -0.15) is 11.8 Å². The number of hydrogen-bond donors (Lipinski definition) is 0. The molecule has 0 spiro atoms. The molecule has 1 unspecified atom stereocenters. The average Bonchev–Trinajstić information content (AvgIpc) is 3.32. The van der Waals surface area contributed by atoms with Crippen LogP contribution in [-0.4, -0.2) is 44.5 Å². The molecule has 0 amide bonds. The van der Waals surface area contributed by atoms with Gasteiger partial charge >= 0.3 is 0 Å². The Morgan fingerprint density at radius 2 is 2.11 bits per heavy atom. The van der Waals surface area contributed by atoms with Crippen molar-refractivity contribution in [3.63, 3.8) is 0 Å². The second-order valence-corrected chi connectivity index (χ2v) is 9.29. The molecule has 4 heterocycles. The molecule has 5 nitrogen and oxygen atoms in total. The molecule has 0 aromatic carbocycles. The molecule has 2 aliphatic rings. The van der Waals surface area contributed by atoms with Crippen LogP contribution in [0.3, 0.4) is 0 Å². The zero-order valence-corrected chi connectivity index (χ0v) is 17.2. The van der Waals surface area contributed by atoms with Gasteiger partial charge in [0.2, 0.25) is 0 Å². The minimum atomic E-state index is 0.562. The standard InChI is InChI=1S/C20H23N5S2/c1-26-12-13-5-4-10-25(13)19-17-14-6-2-3-7-16(14)27-20(17)24-18(23-19)15-11-21-8-9-22-15/h8-9,11,13H,2-7,10,12H2,1H3. The van der Waals surface area contributed by atoms with E-state index in [2.05, 4.69) is 21.1 Å². The predicted molar refractivity (Wildman–Crippen MR) is 114 cm³/mol. The largest absolute Gasteiger partial charge is 0.352 e. The third-order valence-corrected chi connectivity index (χ3v) is 7.50. The molecule has 140 valence electrons. The highest BCUT2D eigenvalue weighted by Crippen LogP contribution is 2.42. The fraction of sp³-hybridized carbons (Fsp3) is 0.500. The molecule has 0 N–H and O–H groups in total. The first-order valence-corrected chi connectivity index (χ1v) is 11.9. The highest BCUT2D eigenvalue weighted by Gasteiger charge is 2.30. The topological polar surface area (TPSA) is 54.8 Å². The van der Waals surface area contributed by atoms with Gasteiger partial charge in [-0.1, -0.05) is 0 Å². The Morgan fingerprint density at radius 1 is 1.19 bits per heavy atom. The van der Waals surface area contributed by atoms with E-state index in [1.165, 1.54) is 47.9 Å². The Labute approximate surface area is 167 Å². The predicted octanol–water partition coefficient (Wildman–Crippen LogP) is 4.36. The molecule has 3 aromatic rings. The quantitative estimate of drug-likeness (QED) is 0.652. The summed E-state index contributed by atoms with van der Waals surface area (Å²) in [5.41, 5.74) is 2.27. The highest BCUT2D eigenvalue weighted by molar-refractivity contribution is 7.98. The maximum Gasteiger partial charge on any atom is 0.183 e. The minimum absolute atomic E-state index is 0.562. The van der Waals surface area contributed by atoms with Crippen LogP contribution in [0, 0.1) is 0 Å². The van der Waals surface area contributed by atoms with E-state index in [-0.39, 0.29) is 0 Å². The van der Waals surface area contributed by atoms with Crippen LogP contribution in [0.15, 0.2) is 18.6 Å². The molecule has 1 fully saturated rings.